The SMILES string of the molecule is CC(C)(C)CC(=O)N1CCN(C(=O)C(C)(C)C)CC1. The standard InChI is InChI=1S/C15H28N2O2/c1-14(2,3)11-12(18)16-7-9-17(10-8-16)13(19)15(4,5)6/h7-11H2,1-6H3. The van der Waals surface area contributed by atoms with Crippen molar-refractivity contribution in [1.29, 1.82) is 0 Å². The van der Waals surface area contributed by atoms with Crippen LogP contribution in [0.3, 0.4) is 0 Å². The Morgan fingerprint density at radius 2 is 1.26 bits per heavy atom. The van der Waals surface area contributed by atoms with Gasteiger partial charge in [-0.15, -0.1) is 0 Å². The molecule has 0 aromatic rings. The Kier molecular flexibility index (Phi) is 4.64. The highest BCUT2D eigenvalue weighted by Crippen LogP contribution is 2.22. The van der Waals surface area contributed by atoms with Crippen LogP contribution in [-0.2, 0) is 9.59 Å². The van der Waals surface area contributed by atoms with Gasteiger partial charge in [0.2, 0.25) is 11.8 Å². The van der Waals surface area contributed by atoms with E-state index in [9.17, 15) is 9.59 Å². The second-order valence-corrected chi connectivity index (χ2v) is 7.66. The number of piperazine rings is 1. The normalized spacial score (nSPS) is 17.6. The molecule has 0 aromatic carbocycles. The number of amides is 2. The molecular formula is C15H28N2O2. The first-order valence-electron chi connectivity index (χ1n) is 7.08. The highest BCUT2D eigenvalue weighted by Gasteiger charge is 2.31. The summed E-state index contributed by atoms with van der Waals surface area (Å²) < 4.78 is 0. The van der Waals surface area contributed by atoms with Gasteiger partial charge in [0.15, 0.2) is 0 Å². The third kappa shape index (κ3) is 4.84. The van der Waals surface area contributed by atoms with Crippen LogP contribution in [0.5, 0.6) is 0 Å². The van der Waals surface area contributed by atoms with Crippen LogP contribution < -0.4 is 0 Å². The zero-order valence-electron chi connectivity index (χ0n) is 13.2. The molecule has 0 aliphatic carbocycles. The van der Waals surface area contributed by atoms with Crippen molar-refractivity contribution in [3.63, 3.8) is 0 Å². The maximum absolute atomic E-state index is 12.1. The molecule has 19 heavy (non-hydrogen) atoms. The zero-order chi connectivity index (χ0) is 14.8. The van der Waals surface area contributed by atoms with Gasteiger partial charge in [-0.1, -0.05) is 41.5 Å². The van der Waals surface area contributed by atoms with Crippen molar-refractivity contribution in [3.05, 3.63) is 0 Å². The summed E-state index contributed by atoms with van der Waals surface area (Å²) in [5, 5.41) is 0. The third-order valence-electron chi connectivity index (χ3n) is 3.24. The van der Waals surface area contributed by atoms with Crippen molar-refractivity contribution < 1.29 is 9.59 Å². The van der Waals surface area contributed by atoms with Gasteiger partial charge in [-0.05, 0) is 5.41 Å². The molecule has 0 bridgehead atoms. The van der Waals surface area contributed by atoms with Gasteiger partial charge in [-0.3, -0.25) is 9.59 Å². The van der Waals surface area contributed by atoms with E-state index in [1.165, 1.54) is 0 Å². The van der Waals surface area contributed by atoms with E-state index in [2.05, 4.69) is 20.8 Å². The first-order valence-corrected chi connectivity index (χ1v) is 7.08. The predicted octanol–water partition coefficient (Wildman–Crippen LogP) is 2.14. The lowest BCUT2D eigenvalue weighted by Gasteiger charge is -2.38. The van der Waals surface area contributed by atoms with E-state index < -0.39 is 0 Å². The highest BCUT2D eigenvalue weighted by atomic mass is 16.2. The minimum Gasteiger partial charge on any atom is -0.339 e. The molecule has 4 heteroatoms. The van der Waals surface area contributed by atoms with Gasteiger partial charge in [0.05, 0.1) is 0 Å². The Bertz CT molecular complexity index is 342. The van der Waals surface area contributed by atoms with Crippen LogP contribution in [0.25, 0.3) is 0 Å². The number of carbonyl (C=O) groups is 2. The quantitative estimate of drug-likeness (QED) is 0.731. The van der Waals surface area contributed by atoms with E-state index in [-0.39, 0.29) is 22.6 Å². The fourth-order valence-electron chi connectivity index (χ4n) is 2.20. The lowest BCUT2D eigenvalue weighted by molar-refractivity contribution is -0.145. The summed E-state index contributed by atoms with van der Waals surface area (Å²) in [4.78, 5) is 28.0. The van der Waals surface area contributed by atoms with Crippen LogP contribution in [0.2, 0.25) is 0 Å². The van der Waals surface area contributed by atoms with Gasteiger partial charge >= 0.3 is 0 Å². The molecular weight excluding hydrogens is 240 g/mol. The van der Waals surface area contributed by atoms with Gasteiger partial charge in [0, 0.05) is 38.0 Å². The molecule has 0 atom stereocenters. The summed E-state index contributed by atoms with van der Waals surface area (Å²) in [7, 11) is 0. The van der Waals surface area contributed by atoms with Crippen molar-refractivity contribution >= 4 is 11.8 Å². The lowest BCUT2D eigenvalue weighted by atomic mass is 9.91. The maximum atomic E-state index is 12.1. The molecule has 0 saturated carbocycles. The summed E-state index contributed by atoms with van der Waals surface area (Å²) >= 11 is 0. The molecule has 2 amide bonds. The summed E-state index contributed by atoms with van der Waals surface area (Å²) in [6.45, 7) is 14.7. The van der Waals surface area contributed by atoms with Gasteiger partial charge in [0.25, 0.3) is 0 Å². The van der Waals surface area contributed by atoms with Crippen LogP contribution in [0.1, 0.15) is 48.0 Å². The van der Waals surface area contributed by atoms with Gasteiger partial charge in [-0.25, -0.2) is 0 Å². The third-order valence-corrected chi connectivity index (χ3v) is 3.24. The highest BCUT2D eigenvalue weighted by molar-refractivity contribution is 5.82. The number of rotatable bonds is 1. The average molecular weight is 268 g/mol. The van der Waals surface area contributed by atoms with Crippen LogP contribution in [-0.4, -0.2) is 47.8 Å². The van der Waals surface area contributed by atoms with E-state index in [1.807, 2.05) is 30.6 Å². The topological polar surface area (TPSA) is 40.6 Å². The van der Waals surface area contributed by atoms with Crippen molar-refractivity contribution in [3.8, 4) is 0 Å². The molecule has 110 valence electrons. The zero-order valence-corrected chi connectivity index (χ0v) is 13.2. The monoisotopic (exact) mass is 268 g/mol. The summed E-state index contributed by atoms with van der Waals surface area (Å²) in [6.07, 6.45) is 0.570. The van der Waals surface area contributed by atoms with Crippen LogP contribution >= 0.6 is 0 Å². The fraction of sp³-hybridized carbons (Fsp3) is 0.867. The minimum absolute atomic E-state index is 0.0233. The first kappa shape index (κ1) is 16.0. The van der Waals surface area contributed by atoms with Crippen LogP contribution in [0.4, 0.5) is 0 Å². The largest absolute Gasteiger partial charge is 0.339 e. The average Bonchev–Trinajstić information content (AvgIpc) is 2.24. The summed E-state index contributed by atoms with van der Waals surface area (Å²) in [5.74, 6) is 0.380. The van der Waals surface area contributed by atoms with Gasteiger partial charge in [0.1, 0.15) is 0 Å². The van der Waals surface area contributed by atoms with E-state index in [4.69, 9.17) is 0 Å². The molecule has 0 radical (unpaired) electrons. The first-order chi connectivity index (χ1) is 8.50. The smallest absolute Gasteiger partial charge is 0.228 e. The molecule has 1 fully saturated rings. The number of hydrogen-bond acceptors (Lipinski definition) is 2. The van der Waals surface area contributed by atoms with Gasteiger partial charge < -0.3 is 9.80 Å². The van der Waals surface area contributed by atoms with E-state index in [0.717, 1.165) is 0 Å². The van der Waals surface area contributed by atoms with Crippen LogP contribution in [0, 0.1) is 10.8 Å². The van der Waals surface area contributed by atoms with Crippen molar-refractivity contribution in [2.75, 3.05) is 26.2 Å². The Labute approximate surface area is 117 Å². The minimum atomic E-state index is -0.336. The van der Waals surface area contributed by atoms with E-state index in [1.54, 1.807) is 0 Å². The fourth-order valence-corrected chi connectivity index (χ4v) is 2.20. The Morgan fingerprint density at radius 3 is 1.63 bits per heavy atom. The Balaban J connectivity index is 2.50. The molecule has 1 aliphatic rings. The number of hydrogen-bond donors (Lipinski definition) is 0. The molecule has 0 spiro atoms. The number of carbonyl (C=O) groups excluding carboxylic acids is 2. The van der Waals surface area contributed by atoms with Crippen LogP contribution in [0.15, 0.2) is 0 Å². The molecule has 0 aromatic heterocycles. The molecule has 4 nitrogen and oxygen atoms in total. The predicted molar refractivity (Wildman–Crippen MR) is 76.7 cm³/mol. The molecule has 1 rings (SSSR count). The molecule has 1 saturated heterocycles. The van der Waals surface area contributed by atoms with Crippen molar-refractivity contribution in [1.82, 2.24) is 9.80 Å². The molecule has 0 unspecified atom stereocenters. The van der Waals surface area contributed by atoms with Crippen molar-refractivity contribution in [2.45, 2.75) is 48.0 Å². The maximum Gasteiger partial charge on any atom is 0.228 e. The lowest BCUT2D eigenvalue weighted by Crippen LogP contribution is -2.53. The Morgan fingerprint density at radius 1 is 0.842 bits per heavy atom. The molecule has 0 N–H and O–H groups in total. The van der Waals surface area contributed by atoms with E-state index in [0.29, 0.717) is 32.6 Å². The summed E-state index contributed by atoms with van der Waals surface area (Å²) in [6, 6.07) is 0. The molecule has 1 heterocycles. The molecule has 1 aliphatic heterocycles. The second-order valence-electron chi connectivity index (χ2n) is 7.66. The summed E-state index contributed by atoms with van der Waals surface area (Å²) in [5.41, 5.74) is -0.312. The second kappa shape index (κ2) is 5.51. The number of nitrogens with zero attached hydrogens (tertiary/aromatic N) is 2. The van der Waals surface area contributed by atoms with Gasteiger partial charge in [-0.2, -0.15) is 0 Å². The van der Waals surface area contributed by atoms with E-state index >= 15 is 0 Å². The van der Waals surface area contributed by atoms with Crippen molar-refractivity contribution in [2.24, 2.45) is 10.8 Å². The Hall–Kier alpha value is -1.06.